The number of ketones is 1. The molecule has 0 saturated carbocycles. The molecule has 1 aliphatic rings. The molecule has 2 atom stereocenters. The minimum Gasteiger partial charge on any atom is -0.337 e. The molecule has 1 aromatic heterocycles. The number of Topliss-reactive ketones (excluding diaryl/α,β-unsaturated/α-hetero) is 1. The molecule has 0 aliphatic carbocycles. The lowest BCUT2D eigenvalue weighted by molar-refractivity contribution is -0.154. The highest BCUT2D eigenvalue weighted by atomic mass is 79.9. The molecule has 136 valence electrons. The lowest BCUT2D eigenvalue weighted by Crippen LogP contribution is -2.55. The van der Waals surface area contributed by atoms with E-state index in [9.17, 15) is 14.0 Å². The van der Waals surface area contributed by atoms with E-state index < -0.39 is 18.2 Å². The maximum Gasteiger partial charge on any atom is 0.227 e. The molecule has 26 heavy (non-hydrogen) atoms. The zero-order valence-electron chi connectivity index (χ0n) is 14.0. The first kappa shape index (κ1) is 18.6. The van der Waals surface area contributed by atoms with Gasteiger partial charge in [-0.05, 0) is 18.2 Å². The molecule has 3 rings (SSSR count). The number of carbonyl (C=O) groups is 2. The Kier molecular flexibility index (Phi) is 5.75. The standard InChI is InChI=1S/C18H17BrFN3O3/c1-23-17(25)8-15(13-6-7-21-9-14(13)20)22-18(23)26-10-16(24)11-2-4-12(19)5-3-11/h2-7,9,15,18,22H,8,10H2,1H3. The summed E-state index contributed by atoms with van der Waals surface area (Å²) in [5.41, 5.74) is 0.851. The number of benzene rings is 1. The van der Waals surface area contributed by atoms with Gasteiger partial charge in [0, 0.05) is 41.3 Å². The van der Waals surface area contributed by atoms with Gasteiger partial charge in [0.25, 0.3) is 0 Å². The number of nitrogens with one attached hydrogen (secondary N) is 1. The quantitative estimate of drug-likeness (QED) is 0.751. The summed E-state index contributed by atoms with van der Waals surface area (Å²) in [4.78, 5) is 29.6. The van der Waals surface area contributed by atoms with Gasteiger partial charge >= 0.3 is 0 Å². The molecule has 0 bridgehead atoms. The first-order valence-electron chi connectivity index (χ1n) is 7.97. The van der Waals surface area contributed by atoms with E-state index in [0.29, 0.717) is 11.1 Å². The van der Waals surface area contributed by atoms with E-state index in [1.165, 1.54) is 17.2 Å². The molecule has 2 aromatic rings. The van der Waals surface area contributed by atoms with E-state index in [0.717, 1.165) is 10.7 Å². The van der Waals surface area contributed by atoms with Crippen molar-refractivity contribution in [2.75, 3.05) is 13.7 Å². The fourth-order valence-corrected chi connectivity index (χ4v) is 2.96. The van der Waals surface area contributed by atoms with Crippen molar-refractivity contribution in [2.45, 2.75) is 18.8 Å². The summed E-state index contributed by atoms with van der Waals surface area (Å²) in [5.74, 6) is -0.907. The van der Waals surface area contributed by atoms with Gasteiger partial charge in [-0.15, -0.1) is 0 Å². The van der Waals surface area contributed by atoms with Crippen molar-refractivity contribution in [3.63, 3.8) is 0 Å². The highest BCUT2D eigenvalue weighted by Gasteiger charge is 2.33. The average Bonchev–Trinajstić information content (AvgIpc) is 2.63. The fourth-order valence-electron chi connectivity index (χ4n) is 2.69. The van der Waals surface area contributed by atoms with E-state index in [1.54, 1.807) is 31.3 Å². The van der Waals surface area contributed by atoms with Crippen LogP contribution in [0.15, 0.2) is 47.2 Å². The van der Waals surface area contributed by atoms with Gasteiger partial charge in [0.1, 0.15) is 12.4 Å². The van der Waals surface area contributed by atoms with E-state index in [-0.39, 0.29) is 24.7 Å². The minimum atomic E-state index is -0.826. The molecule has 1 aromatic carbocycles. The van der Waals surface area contributed by atoms with Gasteiger partial charge in [-0.1, -0.05) is 28.1 Å². The van der Waals surface area contributed by atoms with Gasteiger partial charge in [-0.25, -0.2) is 4.39 Å². The van der Waals surface area contributed by atoms with Gasteiger partial charge in [0.2, 0.25) is 5.91 Å². The van der Waals surface area contributed by atoms with Gasteiger partial charge in [-0.2, -0.15) is 0 Å². The average molecular weight is 422 g/mol. The molecule has 1 fully saturated rings. The van der Waals surface area contributed by atoms with Crippen molar-refractivity contribution in [1.29, 1.82) is 0 Å². The Bertz CT molecular complexity index is 816. The Morgan fingerprint density at radius 2 is 2.12 bits per heavy atom. The first-order valence-corrected chi connectivity index (χ1v) is 8.76. The Morgan fingerprint density at radius 1 is 1.38 bits per heavy atom. The zero-order chi connectivity index (χ0) is 18.7. The van der Waals surface area contributed by atoms with E-state index >= 15 is 0 Å². The van der Waals surface area contributed by atoms with Crippen LogP contribution < -0.4 is 5.32 Å². The number of nitrogens with zero attached hydrogens (tertiary/aromatic N) is 2. The maximum absolute atomic E-state index is 14.0. The summed E-state index contributed by atoms with van der Waals surface area (Å²) in [5, 5.41) is 3.06. The maximum atomic E-state index is 14.0. The number of halogens is 2. The minimum absolute atomic E-state index is 0.0952. The molecule has 1 N–H and O–H groups in total. The predicted octanol–water partition coefficient (Wildman–Crippen LogP) is 2.66. The largest absolute Gasteiger partial charge is 0.337 e. The van der Waals surface area contributed by atoms with Crippen molar-refractivity contribution in [3.8, 4) is 0 Å². The third-order valence-corrected chi connectivity index (χ3v) is 4.71. The topological polar surface area (TPSA) is 71.5 Å². The monoisotopic (exact) mass is 421 g/mol. The number of hydrogen-bond acceptors (Lipinski definition) is 5. The van der Waals surface area contributed by atoms with Crippen LogP contribution in [0, 0.1) is 5.82 Å². The summed E-state index contributed by atoms with van der Waals surface area (Å²) < 4.78 is 20.4. The van der Waals surface area contributed by atoms with Gasteiger partial charge in [-0.3, -0.25) is 19.9 Å². The number of amides is 1. The van der Waals surface area contributed by atoms with Crippen LogP contribution in [0.5, 0.6) is 0 Å². The number of carbonyl (C=O) groups excluding carboxylic acids is 2. The second-order valence-electron chi connectivity index (χ2n) is 5.92. The summed E-state index contributed by atoms with van der Waals surface area (Å²) >= 11 is 3.31. The number of ether oxygens (including phenoxy) is 1. The molecule has 1 aliphatic heterocycles. The number of pyridine rings is 1. The third-order valence-electron chi connectivity index (χ3n) is 4.19. The van der Waals surface area contributed by atoms with Gasteiger partial charge in [0.15, 0.2) is 12.1 Å². The molecular weight excluding hydrogens is 405 g/mol. The molecule has 6 nitrogen and oxygen atoms in total. The predicted molar refractivity (Wildman–Crippen MR) is 95.7 cm³/mol. The van der Waals surface area contributed by atoms with Crippen LogP contribution in [0.25, 0.3) is 0 Å². The molecule has 2 unspecified atom stereocenters. The number of rotatable bonds is 5. The summed E-state index contributed by atoms with van der Waals surface area (Å²) in [6, 6.07) is 7.89. The molecule has 2 heterocycles. The number of hydrogen-bond donors (Lipinski definition) is 1. The Morgan fingerprint density at radius 3 is 2.81 bits per heavy atom. The van der Waals surface area contributed by atoms with E-state index in [2.05, 4.69) is 26.2 Å². The second-order valence-corrected chi connectivity index (χ2v) is 6.83. The summed E-state index contributed by atoms with van der Waals surface area (Å²) in [6.45, 7) is -0.206. The van der Waals surface area contributed by atoms with E-state index in [4.69, 9.17) is 4.74 Å². The van der Waals surface area contributed by atoms with Gasteiger partial charge in [0.05, 0.1) is 6.20 Å². The molecular formula is C18H17BrFN3O3. The summed E-state index contributed by atoms with van der Waals surface area (Å²) in [7, 11) is 1.57. The smallest absolute Gasteiger partial charge is 0.227 e. The Balaban J connectivity index is 1.68. The molecule has 1 amide bonds. The molecule has 1 saturated heterocycles. The zero-order valence-corrected chi connectivity index (χ0v) is 15.6. The Labute approximate surface area is 158 Å². The molecule has 8 heteroatoms. The van der Waals surface area contributed by atoms with Crippen LogP contribution in [-0.2, 0) is 9.53 Å². The third kappa shape index (κ3) is 4.14. The van der Waals surface area contributed by atoms with E-state index in [1.807, 2.05) is 0 Å². The van der Waals surface area contributed by atoms with Crippen LogP contribution in [0.3, 0.4) is 0 Å². The highest BCUT2D eigenvalue weighted by Crippen LogP contribution is 2.25. The van der Waals surface area contributed by atoms with Gasteiger partial charge < -0.3 is 9.64 Å². The normalized spacial score (nSPS) is 20.3. The van der Waals surface area contributed by atoms with Crippen molar-refractivity contribution in [2.24, 2.45) is 0 Å². The van der Waals surface area contributed by atoms with Crippen molar-refractivity contribution in [3.05, 3.63) is 64.1 Å². The van der Waals surface area contributed by atoms with Crippen LogP contribution in [0.1, 0.15) is 28.4 Å². The van der Waals surface area contributed by atoms with Crippen LogP contribution in [0.4, 0.5) is 4.39 Å². The van der Waals surface area contributed by atoms with Crippen LogP contribution >= 0.6 is 15.9 Å². The molecule has 0 radical (unpaired) electrons. The van der Waals surface area contributed by atoms with Crippen LogP contribution in [-0.4, -0.2) is 41.6 Å². The molecule has 0 spiro atoms. The first-order chi connectivity index (χ1) is 12.5. The van der Waals surface area contributed by atoms with Crippen molar-refractivity contribution < 1.29 is 18.7 Å². The lowest BCUT2D eigenvalue weighted by Gasteiger charge is -2.37. The van der Waals surface area contributed by atoms with Crippen molar-refractivity contribution >= 4 is 27.6 Å². The van der Waals surface area contributed by atoms with Crippen molar-refractivity contribution in [1.82, 2.24) is 15.2 Å². The SMILES string of the molecule is CN1C(=O)CC(c2ccncc2F)NC1OCC(=O)c1ccc(Br)cc1. The fraction of sp³-hybridized carbons (Fsp3) is 0.278. The van der Waals surface area contributed by atoms with Crippen LogP contribution in [0.2, 0.25) is 0 Å². The summed E-state index contributed by atoms with van der Waals surface area (Å²) in [6.07, 6.45) is 1.84. The lowest BCUT2D eigenvalue weighted by atomic mass is 10.0. The highest BCUT2D eigenvalue weighted by molar-refractivity contribution is 9.10. The number of aromatic nitrogens is 1. The Hall–Kier alpha value is -2.16. The second kappa shape index (κ2) is 8.03.